The molecule has 0 fully saturated rings. The van der Waals surface area contributed by atoms with Gasteiger partial charge in [0.25, 0.3) is 0 Å². The minimum absolute atomic E-state index is 0.0523. The summed E-state index contributed by atoms with van der Waals surface area (Å²) < 4.78 is 6.19. The van der Waals surface area contributed by atoms with Gasteiger partial charge in [0.05, 0.1) is 0 Å². The standard InChI is InChI=1S/C37H31NO4S/c39-35(40)34(25-43)38(36(41)42-24-33-31-22-12-10-20-29(31)30-21-11-13-23-32(30)33)37(26-14-4-1-5-15-26,27-16-6-2-7-17-27)28-18-8-3-9-19-28/h1-23,33-34,43H,24-25H2,(H,39,40)/t34-/m0/s1. The van der Waals surface area contributed by atoms with Gasteiger partial charge in [-0.25, -0.2) is 9.59 Å². The Labute approximate surface area is 256 Å². The van der Waals surface area contributed by atoms with E-state index < -0.39 is 23.6 Å². The van der Waals surface area contributed by atoms with Crippen molar-refractivity contribution in [3.05, 3.63) is 167 Å². The third kappa shape index (κ3) is 4.98. The third-order valence-electron chi connectivity index (χ3n) is 8.24. The lowest BCUT2D eigenvalue weighted by Crippen LogP contribution is -2.59. The topological polar surface area (TPSA) is 66.8 Å². The Morgan fingerprint density at radius 1 is 0.674 bits per heavy atom. The third-order valence-corrected chi connectivity index (χ3v) is 8.58. The highest BCUT2D eigenvalue weighted by Crippen LogP contribution is 2.46. The van der Waals surface area contributed by atoms with Crippen LogP contribution in [0.5, 0.6) is 0 Å². The Kier molecular flexibility index (Phi) is 8.03. The van der Waals surface area contributed by atoms with Gasteiger partial charge in [-0.2, -0.15) is 12.6 Å². The lowest BCUT2D eigenvalue weighted by atomic mass is 9.75. The highest BCUT2D eigenvalue weighted by molar-refractivity contribution is 7.80. The molecule has 5 aromatic carbocycles. The van der Waals surface area contributed by atoms with Crippen LogP contribution in [0.3, 0.4) is 0 Å². The smallest absolute Gasteiger partial charge is 0.411 e. The van der Waals surface area contributed by atoms with E-state index in [0.29, 0.717) is 0 Å². The number of carbonyl (C=O) groups excluding carboxylic acids is 1. The van der Waals surface area contributed by atoms with Gasteiger partial charge < -0.3 is 9.84 Å². The number of rotatable bonds is 9. The quantitative estimate of drug-likeness (QED) is 0.138. The van der Waals surface area contributed by atoms with Crippen LogP contribution in [0.15, 0.2) is 140 Å². The molecular weight excluding hydrogens is 554 g/mol. The van der Waals surface area contributed by atoms with Crippen LogP contribution in [0.1, 0.15) is 33.7 Å². The summed E-state index contributed by atoms with van der Waals surface area (Å²) in [5.41, 5.74) is 5.23. The van der Waals surface area contributed by atoms with Crippen LogP contribution in [0.4, 0.5) is 4.79 Å². The molecule has 0 saturated carbocycles. The Hall–Kier alpha value is -4.81. The van der Waals surface area contributed by atoms with Gasteiger partial charge >= 0.3 is 12.1 Å². The van der Waals surface area contributed by atoms with Crippen LogP contribution in [0.25, 0.3) is 11.1 Å². The lowest BCUT2D eigenvalue weighted by molar-refractivity contribution is -0.143. The van der Waals surface area contributed by atoms with Crippen LogP contribution in [0, 0.1) is 0 Å². The molecule has 5 aromatic rings. The predicted octanol–water partition coefficient (Wildman–Crippen LogP) is 7.61. The van der Waals surface area contributed by atoms with Gasteiger partial charge in [0.2, 0.25) is 0 Å². The van der Waals surface area contributed by atoms with Crippen molar-refractivity contribution in [2.45, 2.75) is 17.5 Å². The fourth-order valence-corrected chi connectivity index (χ4v) is 6.71. The molecule has 0 unspecified atom stereocenters. The van der Waals surface area contributed by atoms with Crippen molar-refractivity contribution in [3.8, 4) is 11.1 Å². The number of carboxylic acid groups (broad SMARTS) is 1. The number of nitrogens with zero attached hydrogens (tertiary/aromatic N) is 1. The molecule has 0 heterocycles. The predicted molar refractivity (Wildman–Crippen MR) is 171 cm³/mol. The normalized spacial score (nSPS) is 13.0. The molecule has 0 aromatic heterocycles. The van der Waals surface area contributed by atoms with Crippen LogP contribution in [-0.4, -0.2) is 40.5 Å². The van der Waals surface area contributed by atoms with E-state index in [-0.39, 0.29) is 18.3 Å². The molecular formula is C37H31NO4S. The zero-order valence-electron chi connectivity index (χ0n) is 23.4. The average molecular weight is 586 g/mol. The number of aliphatic carboxylic acids is 1. The number of ether oxygens (including phenoxy) is 1. The zero-order valence-corrected chi connectivity index (χ0v) is 24.3. The maximum Gasteiger partial charge on any atom is 0.411 e. The summed E-state index contributed by atoms with van der Waals surface area (Å²) in [4.78, 5) is 28.9. The van der Waals surface area contributed by atoms with Crippen LogP contribution in [-0.2, 0) is 15.1 Å². The molecule has 0 aliphatic heterocycles. The van der Waals surface area contributed by atoms with E-state index in [1.165, 1.54) is 4.90 Å². The maximum absolute atomic E-state index is 14.6. The van der Waals surface area contributed by atoms with Gasteiger partial charge in [-0.05, 0) is 38.9 Å². The first-order valence-corrected chi connectivity index (χ1v) is 14.8. The van der Waals surface area contributed by atoms with Gasteiger partial charge in [-0.1, -0.05) is 140 Å². The summed E-state index contributed by atoms with van der Waals surface area (Å²) in [6.45, 7) is 0.0523. The second-order valence-corrected chi connectivity index (χ2v) is 10.9. The molecule has 1 N–H and O–H groups in total. The summed E-state index contributed by atoms with van der Waals surface area (Å²) in [6, 6.07) is 43.5. The maximum atomic E-state index is 14.6. The number of amides is 1. The molecule has 6 heteroatoms. The van der Waals surface area contributed by atoms with Crippen molar-refractivity contribution in [1.82, 2.24) is 4.90 Å². The molecule has 1 amide bonds. The van der Waals surface area contributed by atoms with E-state index in [0.717, 1.165) is 38.9 Å². The first-order chi connectivity index (χ1) is 21.1. The summed E-state index contributed by atoms with van der Waals surface area (Å²) in [6.07, 6.45) is -0.736. The van der Waals surface area contributed by atoms with Crippen molar-refractivity contribution in [2.75, 3.05) is 12.4 Å². The largest absolute Gasteiger partial charge is 0.480 e. The Morgan fingerprint density at radius 3 is 1.47 bits per heavy atom. The number of carboxylic acids is 1. The van der Waals surface area contributed by atoms with Crippen molar-refractivity contribution in [3.63, 3.8) is 0 Å². The van der Waals surface area contributed by atoms with Crippen molar-refractivity contribution in [2.24, 2.45) is 0 Å². The fraction of sp³-hybridized carbons (Fsp3) is 0.135. The highest BCUT2D eigenvalue weighted by atomic mass is 32.1. The van der Waals surface area contributed by atoms with Crippen molar-refractivity contribution < 1.29 is 19.4 Å². The monoisotopic (exact) mass is 585 g/mol. The number of benzene rings is 5. The summed E-state index contributed by atoms with van der Waals surface area (Å²) in [7, 11) is 0. The summed E-state index contributed by atoms with van der Waals surface area (Å²) >= 11 is 4.46. The van der Waals surface area contributed by atoms with E-state index in [1.807, 2.05) is 115 Å². The number of carbonyl (C=O) groups is 2. The second kappa shape index (κ2) is 12.2. The summed E-state index contributed by atoms with van der Waals surface area (Å²) in [5.74, 6) is -1.47. The van der Waals surface area contributed by atoms with E-state index in [9.17, 15) is 14.7 Å². The fourth-order valence-electron chi connectivity index (χ4n) is 6.39. The lowest BCUT2D eigenvalue weighted by Gasteiger charge is -2.47. The van der Waals surface area contributed by atoms with E-state index in [1.54, 1.807) is 0 Å². The Bertz CT molecular complexity index is 1580. The van der Waals surface area contributed by atoms with Crippen LogP contribution >= 0.6 is 12.6 Å². The van der Waals surface area contributed by atoms with Gasteiger partial charge in [0, 0.05) is 11.7 Å². The van der Waals surface area contributed by atoms with Crippen molar-refractivity contribution >= 4 is 24.7 Å². The Morgan fingerprint density at radius 2 is 1.07 bits per heavy atom. The van der Waals surface area contributed by atoms with Crippen LogP contribution < -0.4 is 0 Å². The van der Waals surface area contributed by atoms with Gasteiger partial charge in [0.15, 0.2) is 0 Å². The highest BCUT2D eigenvalue weighted by Gasteiger charge is 2.50. The molecule has 0 spiro atoms. The van der Waals surface area contributed by atoms with E-state index >= 15 is 0 Å². The first kappa shape index (κ1) is 28.3. The molecule has 0 radical (unpaired) electrons. The molecule has 43 heavy (non-hydrogen) atoms. The Balaban J connectivity index is 1.51. The van der Waals surface area contributed by atoms with Gasteiger partial charge in [0.1, 0.15) is 18.2 Å². The molecule has 5 nitrogen and oxygen atoms in total. The number of thiol groups is 1. The summed E-state index contributed by atoms with van der Waals surface area (Å²) in [5, 5.41) is 10.5. The average Bonchev–Trinajstić information content (AvgIpc) is 3.38. The minimum Gasteiger partial charge on any atom is -0.480 e. The zero-order chi connectivity index (χ0) is 29.8. The molecule has 1 atom stereocenters. The molecule has 214 valence electrons. The minimum atomic E-state index is -1.34. The van der Waals surface area contributed by atoms with Gasteiger partial charge in [-0.3, -0.25) is 4.90 Å². The van der Waals surface area contributed by atoms with E-state index in [4.69, 9.17) is 4.74 Å². The van der Waals surface area contributed by atoms with Crippen molar-refractivity contribution in [1.29, 1.82) is 0 Å². The number of hydrogen-bond donors (Lipinski definition) is 2. The molecule has 0 saturated heterocycles. The molecule has 6 rings (SSSR count). The number of hydrogen-bond acceptors (Lipinski definition) is 4. The first-order valence-electron chi connectivity index (χ1n) is 14.2. The number of fused-ring (bicyclic) bond motifs is 3. The second-order valence-electron chi connectivity index (χ2n) is 10.5. The van der Waals surface area contributed by atoms with Gasteiger partial charge in [-0.15, -0.1) is 0 Å². The molecule has 0 bridgehead atoms. The van der Waals surface area contributed by atoms with E-state index in [2.05, 4.69) is 36.9 Å². The SMILES string of the molecule is O=C(O)[C@H](CS)N(C(=O)OCC1c2ccccc2-c2ccccc21)C(c1ccccc1)(c1ccccc1)c1ccccc1. The molecule has 1 aliphatic rings. The molecule has 1 aliphatic carbocycles. The van der Waals surface area contributed by atoms with Crippen LogP contribution in [0.2, 0.25) is 0 Å².